The van der Waals surface area contributed by atoms with Crippen molar-refractivity contribution in [1.82, 2.24) is 10.6 Å². The van der Waals surface area contributed by atoms with Crippen molar-refractivity contribution >= 4 is 11.8 Å². The molecular formula is C14H27N3O2. The highest BCUT2D eigenvalue weighted by Gasteiger charge is 2.17. The van der Waals surface area contributed by atoms with Crippen molar-refractivity contribution < 1.29 is 9.59 Å². The van der Waals surface area contributed by atoms with Gasteiger partial charge >= 0.3 is 0 Å². The molecule has 0 heterocycles. The first-order valence-electron chi connectivity index (χ1n) is 7.35. The van der Waals surface area contributed by atoms with Gasteiger partial charge in [-0.3, -0.25) is 9.59 Å². The maximum Gasteiger partial charge on any atom is 0.239 e. The molecule has 110 valence electrons. The van der Waals surface area contributed by atoms with E-state index in [9.17, 15) is 9.59 Å². The van der Waals surface area contributed by atoms with Crippen molar-refractivity contribution in [3.63, 3.8) is 0 Å². The summed E-state index contributed by atoms with van der Waals surface area (Å²) in [4.78, 5) is 23.2. The van der Waals surface area contributed by atoms with E-state index in [1.165, 1.54) is 19.3 Å². The lowest BCUT2D eigenvalue weighted by molar-refractivity contribution is -0.126. The van der Waals surface area contributed by atoms with Crippen LogP contribution in [0.5, 0.6) is 0 Å². The minimum absolute atomic E-state index is 0.00563. The van der Waals surface area contributed by atoms with Crippen molar-refractivity contribution in [2.24, 2.45) is 17.6 Å². The van der Waals surface area contributed by atoms with E-state index in [4.69, 9.17) is 5.73 Å². The summed E-state index contributed by atoms with van der Waals surface area (Å²) in [6.07, 6.45) is 6.61. The summed E-state index contributed by atoms with van der Waals surface area (Å²) < 4.78 is 0. The Kier molecular flexibility index (Phi) is 7.48. The van der Waals surface area contributed by atoms with Crippen LogP contribution in [0.2, 0.25) is 0 Å². The molecule has 0 aromatic heterocycles. The highest BCUT2D eigenvalue weighted by molar-refractivity contribution is 5.84. The van der Waals surface area contributed by atoms with Crippen LogP contribution in [-0.4, -0.2) is 31.4 Å². The van der Waals surface area contributed by atoms with Gasteiger partial charge in [-0.2, -0.15) is 0 Å². The minimum Gasteiger partial charge on any atom is -0.354 e. The number of hydrogen-bond donors (Lipinski definition) is 3. The van der Waals surface area contributed by atoms with Gasteiger partial charge in [0.15, 0.2) is 0 Å². The first kappa shape index (κ1) is 16.0. The fourth-order valence-electron chi connectivity index (χ4n) is 2.34. The molecule has 1 aliphatic rings. The molecule has 1 atom stereocenters. The van der Waals surface area contributed by atoms with Crippen LogP contribution in [0.25, 0.3) is 0 Å². The van der Waals surface area contributed by atoms with Crippen molar-refractivity contribution in [1.29, 1.82) is 0 Å². The van der Waals surface area contributed by atoms with Crippen LogP contribution < -0.4 is 16.4 Å². The zero-order valence-corrected chi connectivity index (χ0v) is 11.9. The molecule has 0 saturated heterocycles. The second-order valence-corrected chi connectivity index (χ2v) is 5.63. The summed E-state index contributed by atoms with van der Waals surface area (Å²) in [5.74, 6) is 0.627. The first-order valence-corrected chi connectivity index (χ1v) is 7.35. The zero-order valence-electron chi connectivity index (χ0n) is 11.9. The van der Waals surface area contributed by atoms with E-state index in [2.05, 4.69) is 10.6 Å². The topological polar surface area (TPSA) is 84.2 Å². The second-order valence-electron chi connectivity index (χ2n) is 5.63. The van der Waals surface area contributed by atoms with Crippen LogP contribution >= 0.6 is 0 Å². The Labute approximate surface area is 115 Å². The molecule has 1 rings (SSSR count). The van der Waals surface area contributed by atoms with Crippen LogP contribution in [0, 0.1) is 11.8 Å². The fraction of sp³-hybridized carbons (Fsp3) is 0.857. The molecule has 1 fully saturated rings. The van der Waals surface area contributed by atoms with Crippen LogP contribution in [0.1, 0.15) is 45.4 Å². The Morgan fingerprint density at radius 1 is 1.16 bits per heavy atom. The summed E-state index contributed by atoms with van der Waals surface area (Å²) in [7, 11) is 0. The van der Waals surface area contributed by atoms with Gasteiger partial charge in [0.1, 0.15) is 0 Å². The maximum atomic E-state index is 11.7. The summed E-state index contributed by atoms with van der Waals surface area (Å²) in [5.41, 5.74) is 5.46. The van der Waals surface area contributed by atoms with Gasteiger partial charge in [0, 0.05) is 13.0 Å². The molecule has 1 unspecified atom stereocenters. The number of amides is 2. The molecule has 4 N–H and O–H groups in total. The largest absolute Gasteiger partial charge is 0.354 e. The summed E-state index contributed by atoms with van der Waals surface area (Å²) in [6, 6.07) is 0. The highest BCUT2D eigenvalue weighted by Crippen LogP contribution is 2.25. The molecule has 19 heavy (non-hydrogen) atoms. The summed E-state index contributed by atoms with van der Waals surface area (Å²) in [6.45, 7) is 3.16. The third-order valence-corrected chi connectivity index (χ3v) is 3.69. The summed E-state index contributed by atoms with van der Waals surface area (Å²) >= 11 is 0. The van der Waals surface area contributed by atoms with Crippen molar-refractivity contribution in [2.75, 3.05) is 19.6 Å². The van der Waals surface area contributed by atoms with Crippen LogP contribution in [0.4, 0.5) is 0 Å². The average Bonchev–Trinajstić information content (AvgIpc) is 2.43. The molecule has 2 amide bonds. The third-order valence-electron chi connectivity index (χ3n) is 3.69. The van der Waals surface area contributed by atoms with Gasteiger partial charge in [0.05, 0.1) is 6.54 Å². The number of hydrogen-bond acceptors (Lipinski definition) is 3. The molecule has 0 aromatic carbocycles. The lowest BCUT2D eigenvalue weighted by atomic mass is 9.87. The molecule has 0 radical (unpaired) electrons. The lowest BCUT2D eigenvalue weighted by Crippen LogP contribution is -2.39. The van der Waals surface area contributed by atoms with Gasteiger partial charge in [0.25, 0.3) is 0 Å². The Morgan fingerprint density at radius 3 is 2.47 bits per heavy atom. The van der Waals surface area contributed by atoms with Crippen molar-refractivity contribution in [2.45, 2.75) is 45.4 Å². The van der Waals surface area contributed by atoms with Gasteiger partial charge in [-0.25, -0.2) is 0 Å². The Balaban J connectivity index is 2.09. The average molecular weight is 269 g/mol. The fourth-order valence-corrected chi connectivity index (χ4v) is 2.34. The monoisotopic (exact) mass is 269 g/mol. The number of carbonyl (C=O) groups is 2. The van der Waals surface area contributed by atoms with E-state index in [1.54, 1.807) is 0 Å². The SMILES string of the molecule is CC(CN)CNC(=O)CNC(=O)CC1CCCCC1. The molecule has 0 bridgehead atoms. The van der Waals surface area contributed by atoms with E-state index in [0.29, 0.717) is 25.4 Å². The van der Waals surface area contributed by atoms with Crippen LogP contribution in [0.15, 0.2) is 0 Å². The van der Waals surface area contributed by atoms with E-state index in [-0.39, 0.29) is 24.3 Å². The van der Waals surface area contributed by atoms with Gasteiger partial charge in [-0.05, 0) is 31.2 Å². The summed E-state index contributed by atoms with van der Waals surface area (Å²) in [5, 5.41) is 5.45. The predicted octanol–water partition coefficient (Wildman–Crippen LogP) is 0.784. The van der Waals surface area contributed by atoms with E-state index in [1.807, 2.05) is 6.92 Å². The van der Waals surface area contributed by atoms with E-state index >= 15 is 0 Å². The first-order chi connectivity index (χ1) is 9.11. The Morgan fingerprint density at radius 2 is 1.84 bits per heavy atom. The van der Waals surface area contributed by atoms with Gasteiger partial charge in [0.2, 0.25) is 11.8 Å². The molecule has 0 aromatic rings. The lowest BCUT2D eigenvalue weighted by Gasteiger charge is -2.20. The molecule has 0 spiro atoms. The predicted molar refractivity (Wildman–Crippen MR) is 75.4 cm³/mol. The van der Waals surface area contributed by atoms with Gasteiger partial charge < -0.3 is 16.4 Å². The molecule has 0 aliphatic heterocycles. The molecule has 1 saturated carbocycles. The van der Waals surface area contributed by atoms with E-state index in [0.717, 1.165) is 12.8 Å². The maximum absolute atomic E-state index is 11.7. The molecular weight excluding hydrogens is 242 g/mol. The van der Waals surface area contributed by atoms with Gasteiger partial charge in [-0.1, -0.05) is 26.2 Å². The smallest absolute Gasteiger partial charge is 0.239 e. The number of rotatable bonds is 7. The molecule has 1 aliphatic carbocycles. The van der Waals surface area contributed by atoms with E-state index < -0.39 is 0 Å². The molecule has 5 nitrogen and oxygen atoms in total. The molecule has 5 heteroatoms. The van der Waals surface area contributed by atoms with Crippen molar-refractivity contribution in [3.05, 3.63) is 0 Å². The van der Waals surface area contributed by atoms with Gasteiger partial charge in [-0.15, -0.1) is 0 Å². The number of nitrogens with one attached hydrogen (secondary N) is 2. The Bertz CT molecular complexity index is 288. The van der Waals surface area contributed by atoms with Crippen LogP contribution in [0.3, 0.4) is 0 Å². The normalized spacial score (nSPS) is 17.8. The standard InChI is InChI=1S/C14H27N3O2/c1-11(8-15)9-16-14(19)10-17-13(18)7-12-5-3-2-4-6-12/h11-12H,2-10,15H2,1H3,(H,16,19)(H,17,18). The third kappa shape index (κ3) is 7.15. The van der Waals surface area contributed by atoms with Crippen molar-refractivity contribution in [3.8, 4) is 0 Å². The Hall–Kier alpha value is -1.10. The minimum atomic E-state index is -0.141. The quantitative estimate of drug-likeness (QED) is 0.638. The highest BCUT2D eigenvalue weighted by atomic mass is 16.2. The zero-order chi connectivity index (χ0) is 14.1. The number of carbonyl (C=O) groups excluding carboxylic acids is 2. The second kappa shape index (κ2) is 8.91. The number of nitrogens with two attached hydrogens (primary N) is 1. The van der Waals surface area contributed by atoms with Crippen LogP contribution in [-0.2, 0) is 9.59 Å².